The normalized spacial score (nSPS) is 12.1. The number of hydrogen-bond donors (Lipinski definition) is 1. The zero-order valence-electron chi connectivity index (χ0n) is 16.1. The molecule has 0 aliphatic rings. The van der Waals surface area contributed by atoms with E-state index in [0.29, 0.717) is 23.3 Å². The predicted molar refractivity (Wildman–Crippen MR) is 115 cm³/mol. The molecule has 1 aromatic carbocycles. The number of aromatic nitrogens is 3. The van der Waals surface area contributed by atoms with E-state index in [4.69, 9.17) is 4.42 Å². The van der Waals surface area contributed by atoms with Crippen molar-refractivity contribution in [1.82, 2.24) is 20.1 Å². The van der Waals surface area contributed by atoms with Crippen LogP contribution in [-0.2, 0) is 11.3 Å². The number of carbonyl (C=O) groups excluding carboxylic acids is 1. The van der Waals surface area contributed by atoms with Gasteiger partial charge in [0.1, 0.15) is 5.82 Å². The van der Waals surface area contributed by atoms with E-state index in [2.05, 4.69) is 15.5 Å². The summed E-state index contributed by atoms with van der Waals surface area (Å²) >= 11 is 2.86. The highest BCUT2D eigenvalue weighted by Crippen LogP contribution is 2.27. The van der Waals surface area contributed by atoms with Crippen LogP contribution in [0.1, 0.15) is 23.4 Å². The minimum Gasteiger partial charge on any atom is -0.461 e. The van der Waals surface area contributed by atoms with Crippen molar-refractivity contribution >= 4 is 29.0 Å². The van der Waals surface area contributed by atoms with Crippen LogP contribution in [0.3, 0.4) is 0 Å². The molecule has 0 bridgehead atoms. The first-order valence-electron chi connectivity index (χ1n) is 9.33. The number of thiophene rings is 1. The number of furan rings is 1. The molecule has 0 unspecified atom stereocenters. The first-order valence-corrected chi connectivity index (χ1v) is 11.2. The Balaban J connectivity index is 1.46. The highest BCUT2D eigenvalue weighted by molar-refractivity contribution is 7.99. The van der Waals surface area contributed by atoms with Crippen LogP contribution in [0, 0.1) is 5.82 Å². The van der Waals surface area contributed by atoms with Crippen LogP contribution in [-0.4, -0.2) is 26.4 Å². The molecule has 9 heteroatoms. The quantitative estimate of drug-likeness (QED) is 0.399. The molecule has 0 fully saturated rings. The Morgan fingerprint density at radius 1 is 1.23 bits per heavy atom. The smallest absolute Gasteiger partial charge is 0.231 e. The minimum absolute atomic E-state index is 0.145. The standard InChI is InChI=1S/C21H19FN4O2S2/c1-2-26-20(16-5-3-11-28-16)24-25-21(26)30-13-18(27)23-19(17-6-4-12-29-17)14-7-9-15(22)10-8-14/h3-12,19H,2,13H2,1H3,(H,23,27)/t19-/m0/s1. The molecule has 0 aliphatic carbocycles. The van der Waals surface area contributed by atoms with Crippen LogP contribution in [0.4, 0.5) is 4.39 Å². The maximum atomic E-state index is 13.3. The summed E-state index contributed by atoms with van der Waals surface area (Å²) in [5.41, 5.74) is 0.828. The molecule has 0 saturated carbocycles. The fourth-order valence-electron chi connectivity index (χ4n) is 3.03. The molecule has 4 rings (SSSR count). The summed E-state index contributed by atoms with van der Waals surface area (Å²) in [6.07, 6.45) is 1.59. The number of benzene rings is 1. The van der Waals surface area contributed by atoms with Crippen molar-refractivity contribution in [3.63, 3.8) is 0 Å². The largest absolute Gasteiger partial charge is 0.461 e. The molecule has 1 N–H and O–H groups in total. The predicted octanol–water partition coefficient (Wildman–Crippen LogP) is 4.76. The van der Waals surface area contributed by atoms with Gasteiger partial charge in [-0.25, -0.2) is 4.39 Å². The van der Waals surface area contributed by atoms with Gasteiger partial charge in [-0.05, 0) is 48.2 Å². The van der Waals surface area contributed by atoms with Gasteiger partial charge in [0.05, 0.1) is 18.1 Å². The molecule has 6 nitrogen and oxygen atoms in total. The average Bonchev–Trinajstić information content (AvgIpc) is 3.52. The van der Waals surface area contributed by atoms with Gasteiger partial charge in [0.15, 0.2) is 16.7 Å². The summed E-state index contributed by atoms with van der Waals surface area (Å²) in [4.78, 5) is 13.7. The fraction of sp³-hybridized carbons (Fsp3) is 0.190. The first-order chi connectivity index (χ1) is 14.7. The second-order valence-electron chi connectivity index (χ2n) is 6.38. The van der Waals surface area contributed by atoms with Gasteiger partial charge in [0.2, 0.25) is 5.91 Å². The van der Waals surface area contributed by atoms with E-state index in [0.717, 1.165) is 10.4 Å². The number of amides is 1. The Labute approximate surface area is 181 Å². The van der Waals surface area contributed by atoms with Crippen LogP contribution >= 0.6 is 23.1 Å². The van der Waals surface area contributed by atoms with Crippen molar-refractivity contribution in [2.75, 3.05) is 5.75 Å². The number of nitrogens with one attached hydrogen (secondary N) is 1. The van der Waals surface area contributed by atoms with Gasteiger partial charge in [0.25, 0.3) is 0 Å². The van der Waals surface area contributed by atoms with Crippen LogP contribution < -0.4 is 5.32 Å². The van der Waals surface area contributed by atoms with Crippen molar-refractivity contribution in [2.45, 2.75) is 24.7 Å². The Morgan fingerprint density at radius 2 is 2.07 bits per heavy atom. The van der Waals surface area contributed by atoms with E-state index >= 15 is 0 Å². The van der Waals surface area contributed by atoms with Gasteiger partial charge >= 0.3 is 0 Å². The lowest BCUT2D eigenvalue weighted by Crippen LogP contribution is -2.30. The Morgan fingerprint density at radius 3 is 2.73 bits per heavy atom. The number of carbonyl (C=O) groups is 1. The van der Waals surface area contributed by atoms with Crippen molar-refractivity contribution in [3.05, 3.63) is 76.4 Å². The van der Waals surface area contributed by atoms with Crippen molar-refractivity contribution in [2.24, 2.45) is 0 Å². The Hall–Kier alpha value is -2.91. The Bertz CT molecular complexity index is 1090. The van der Waals surface area contributed by atoms with Gasteiger partial charge < -0.3 is 9.73 Å². The third kappa shape index (κ3) is 4.47. The monoisotopic (exact) mass is 442 g/mol. The summed E-state index contributed by atoms with van der Waals surface area (Å²) in [7, 11) is 0. The third-order valence-electron chi connectivity index (χ3n) is 4.44. The fourth-order valence-corrected chi connectivity index (χ4v) is 4.65. The number of rotatable bonds is 8. The molecule has 1 amide bonds. The van der Waals surface area contributed by atoms with E-state index in [1.54, 1.807) is 35.8 Å². The summed E-state index contributed by atoms with van der Waals surface area (Å²) in [6, 6.07) is 13.4. The third-order valence-corrected chi connectivity index (χ3v) is 6.35. The van der Waals surface area contributed by atoms with Gasteiger partial charge in [-0.15, -0.1) is 21.5 Å². The summed E-state index contributed by atoms with van der Waals surface area (Å²) in [6.45, 7) is 2.64. The lowest BCUT2D eigenvalue weighted by atomic mass is 10.1. The minimum atomic E-state index is -0.332. The van der Waals surface area contributed by atoms with Crippen LogP contribution in [0.2, 0.25) is 0 Å². The molecule has 3 heterocycles. The number of thioether (sulfide) groups is 1. The zero-order chi connectivity index (χ0) is 20.9. The van der Waals surface area contributed by atoms with Gasteiger partial charge in [-0.2, -0.15) is 0 Å². The van der Waals surface area contributed by atoms with Gasteiger partial charge in [-0.3, -0.25) is 9.36 Å². The van der Waals surface area contributed by atoms with E-state index in [1.807, 2.05) is 35.1 Å². The van der Waals surface area contributed by atoms with Crippen molar-refractivity contribution in [1.29, 1.82) is 0 Å². The molecule has 0 aliphatic heterocycles. The van der Waals surface area contributed by atoms with E-state index in [9.17, 15) is 9.18 Å². The SMILES string of the molecule is CCn1c(SCC(=O)N[C@@H](c2ccc(F)cc2)c2cccs2)nnc1-c1ccco1. The maximum absolute atomic E-state index is 13.3. The van der Waals surface area contributed by atoms with Gasteiger partial charge in [0, 0.05) is 11.4 Å². The van der Waals surface area contributed by atoms with Crippen molar-refractivity contribution in [3.8, 4) is 11.6 Å². The highest BCUT2D eigenvalue weighted by atomic mass is 32.2. The molecule has 4 aromatic rings. The van der Waals surface area contributed by atoms with E-state index in [-0.39, 0.29) is 23.5 Å². The molecular formula is C21H19FN4O2S2. The second-order valence-corrected chi connectivity index (χ2v) is 8.31. The second kappa shape index (κ2) is 9.27. The molecule has 0 saturated heterocycles. The van der Waals surface area contributed by atoms with Crippen LogP contribution in [0.5, 0.6) is 0 Å². The lowest BCUT2D eigenvalue weighted by molar-refractivity contribution is -0.119. The van der Waals surface area contributed by atoms with E-state index < -0.39 is 0 Å². The van der Waals surface area contributed by atoms with E-state index in [1.165, 1.54) is 23.9 Å². The number of nitrogens with zero attached hydrogens (tertiary/aromatic N) is 3. The molecule has 1 atom stereocenters. The number of hydrogen-bond acceptors (Lipinski definition) is 6. The van der Waals surface area contributed by atoms with Crippen molar-refractivity contribution < 1.29 is 13.6 Å². The van der Waals surface area contributed by atoms with Crippen LogP contribution in [0.15, 0.2) is 69.7 Å². The number of halogens is 1. The Kier molecular flexibility index (Phi) is 6.29. The zero-order valence-corrected chi connectivity index (χ0v) is 17.8. The molecule has 0 spiro atoms. The summed E-state index contributed by atoms with van der Waals surface area (Å²) in [5, 5.41) is 14.1. The molecule has 30 heavy (non-hydrogen) atoms. The molecule has 3 aromatic heterocycles. The van der Waals surface area contributed by atoms with Crippen LogP contribution in [0.25, 0.3) is 11.6 Å². The summed E-state index contributed by atoms with van der Waals surface area (Å²) < 4.78 is 20.7. The average molecular weight is 443 g/mol. The summed E-state index contributed by atoms with van der Waals surface area (Å²) in [5.74, 6) is 0.993. The molecular weight excluding hydrogens is 423 g/mol. The molecule has 0 radical (unpaired) electrons. The maximum Gasteiger partial charge on any atom is 0.231 e. The highest BCUT2D eigenvalue weighted by Gasteiger charge is 2.20. The van der Waals surface area contributed by atoms with Gasteiger partial charge in [-0.1, -0.05) is 30.0 Å². The molecule has 154 valence electrons. The topological polar surface area (TPSA) is 73.0 Å². The first kappa shape index (κ1) is 20.4. The lowest BCUT2D eigenvalue weighted by Gasteiger charge is -2.18.